The van der Waals surface area contributed by atoms with Crippen molar-refractivity contribution in [3.05, 3.63) is 35.9 Å². The monoisotopic (exact) mass is 222 g/mol. The molecule has 5 nitrogen and oxygen atoms in total. The molecule has 0 aliphatic carbocycles. The van der Waals surface area contributed by atoms with Crippen LogP contribution >= 0.6 is 0 Å². The van der Waals surface area contributed by atoms with Crippen LogP contribution < -0.4 is 11.1 Å². The molecule has 0 bridgehead atoms. The van der Waals surface area contributed by atoms with E-state index in [1.165, 1.54) is 0 Å². The fourth-order valence-electron chi connectivity index (χ4n) is 1.16. The fraction of sp³-hybridized carbons (Fsp3) is 0.273. The molecule has 4 N–H and O–H groups in total. The van der Waals surface area contributed by atoms with Gasteiger partial charge in [-0.3, -0.25) is 9.59 Å². The van der Waals surface area contributed by atoms with Crippen molar-refractivity contribution in [1.82, 2.24) is 5.32 Å². The maximum Gasteiger partial charge on any atom is 0.320 e. The molecule has 0 saturated heterocycles. The zero-order valence-corrected chi connectivity index (χ0v) is 8.72. The van der Waals surface area contributed by atoms with Crippen LogP contribution in [0.1, 0.15) is 16.8 Å². The molecular formula is C11H14N2O3. The highest BCUT2D eigenvalue weighted by Crippen LogP contribution is 1.97. The molecular weight excluding hydrogens is 208 g/mol. The molecule has 0 heterocycles. The standard InChI is InChI=1S/C11H14N2O3/c12-9(11(15)16)6-7-13-10(14)8-4-2-1-3-5-8/h1-5,9H,6-7,12H2,(H,13,14)(H,15,16)/t9-/m0/s1. The van der Waals surface area contributed by atoms with Crippen LogP contribution in [-0.2, 0) is 4.79 Å². The van der Waals surface area contributed by atoms with Gasteiger partial charge in [-0.2, -0.15) is 0 Å². The van der Waals surface area contributed by atoms with Crippen molar-refractivity contribution in [3.8, 4) is 0 Å². The van der Waals surface area contributed by atoms with Gasteiger partial charge in [0.1, 0.15) is 6.04 Å². The number of benzene rings is 1. The summed E-state index contributed by atoms with van der Waals surface area (Å²) >= 11 is 0. The molecule has 1 rings (SSSR count). The van der Waals surface area contributed by atoms with E-state index in [2.05, 4.69) is 5.32 Å². The second-order valence-electron chi connectivity index (χ2n) is 3.36. The van der Waals surface area contributed by atoms with Crippen LogP contribution in [0, 0.1) is 0 Å². The van der Waals surface area contributed by atoms with E-state index >= 15 is 0 Å². The lowest BCUT2D eigenvalue weighted by Crippen LogP contribution is -2.35. The Kier molecular flexibility index (Phi) is 4.47. The van der Waals surface area contributed by atoms with E-state index in [0.717, 1.165) is 0 Å². The van der Waals surface area contributed by atoms with Gasteiger partial charge in [0.25, 0.3) is 5.91 Å². The number of carboxylic acid groups (broad SMARTS) is 1. The second-order valence-corrected chi connectivity index (χ2v) is 3.36. The molecule has 0 aliphatic rings. The van der Waals surface area contributed by atoms with Gasteiger partial charge >= 0.3 is 5.97 Å². The van der Waals surface area contributed by atoms with Crippen molar-refractivity contribution in [2.45, 2.75) is 12.5 Å². The number of rotatable bonds is 5. The van der Waals surface area contributed by atoms with Gasteiger partial charge in [0.2, 0.25) is 0 Å². The molecule has 1 amide bonds. The van der Waals surface area contributed by atoms with E-state index in [1.54, 1.807) is 24.3 Å². The summed E-state index contributed by atoms with van der Waals surface area (Å²) in [5, 5.41) is 11.1. The summed E-state index contributed by atoms with van der Waals surface area (Å²) in [6.07, 6.45) is 0.216. The summed E-state index contributed by atoms with van der Waals surface area (Å²) in [5.74, 6) is -1.29. The van der Waals surface area contributed by atoms with Crippen molar-refractivity contribution in [2.75, 3.05) is 6.54 Å². The first-order valence-electron chi connectivity index (χ1n) is 4.93. The first-order valence-corrected chi connectivity index (χ1v) is 4.93. The molecule has 1 aromatic carbocycles. The summed E-state index contributed by atoms with van der Waals surface area (Å²) < 4.78 is 0. The molecule has 0 fully saturated rings. The maximum atomic E-state index is 11.5. The molecule has 5 heteroatoms. The third-order valence-electron chi connectivity index (χ3n) is 2.09. The second kappa shape index (κ2) is 5.87. The molecule has 86 valence electrons. The van der Waals surface area contributed by atoms with E-state index in [-0.39, 0.29) is 18.9 Å². The van der Waals surface area contributed by atoms with E-state index in [1.807, 2.05) is 6.07 Å². The summed E-state index contributed by atoms with van der Waals surface area (Å²) in [7, 11) is 0. The summed E-state index contributed by atoms with van der Waals surface area (Å²) in [4.78, 5) is 21.9. The minimum atomic E-state index is -1.06. The van der Waals surface area contributed by atoms with Crippen molar-refractivity contribution in [2.24, 2.45) is 5.73 Å². The Hall–Kier alpha value is -1.88. The smallest absolute Gasteiger partial charge is 0.320 e. The Morgan fingerprint density at radius 1 is 1.31 bits per heavy atom. The Morgan fingerprint density at radius 2 is 1.94 bits per heavy atom. The lowest BCUT2D eigenvalue weighted by molar-refractivity contribution is -0.138. The van der Waals surface area contributed by atoms with Crippen LogP contribution in [0.3, 0.4) is 0 Å². The highest BCUT2D eigenvalue weighted by molar-refractivity contribution is 5.94. The van der Waals surface area contributed by atoms with E-state index in [0.29, 0.717) is 5.56 Å². The molecule has 0 aromatic heterocycles. The number of carboxylic acids is 1. The normalized spacial score (nSPS) is 11.8. The van der Waals surface area contributed by atoms with Gasteiger partial charge in [-0.05, 0) is 18.6 Å². The van der Waals surface area contributed by atoms with Gasteiger partial charge in [-0.15, -0.1) is 0 Å². The average molecular weight is 222 g/mol. The average Bonchev–Trinajstić information content (AvgIpc) is 2.29. The molecule has 0 spiro atoms. The Balaban J connectivity index is 2.34. The van der Waals surface area contributed by atoms with Crippen LogP contribution in [0.15, 0.2) is 30.3 Å². The number of nitrogens with two attached hydrogens (primary N) is 1. The molecule has 0 aliphatic heterocycles. The first kappa shape index (κ1) is 12.2. The summed E-state index contributed by atoms with van der Waals surface area (Å²) in [5.41, 5.74) is 5.84. The Morgan fingerprint density at radius 3 is 2.50 bits per heavy atom. The molecule has 1 atom stereocenters. The number of carbonyl (C=O) groups excluding carboxylic acids is 1. The zero-order valence-electron chi connectivity index (χ0n) is 8.72. The lowest BCUT2D eigenvalue weighted by Gasteiger charge is -2.07. The summed E-state index contributed by atoms with van der Waals surface area (Å²) in [6, 6.07) is 7.78. The number of nitrogens with one attached hydrogen (secondary N) is 1. The predicted molar refractivity (Wildman–Crippen MR) is 59.0 cm³/mol. The van der Waals surface area contributed by atoms with Crippen molar-refractivity contribution >= 4 is 11.9 Å². The van der Waals surface area contributed by atoms with Crippen LogP contribution in [0.2, 0.25) is 0 Å². The Labute approximate surface area is 93.3 Å². The third kappa shape index (κ3) is 3.70. The van der Waals surface area contributed by atoms with Crippen LogP contribution in [0.5, 0.6) is 0 Å². The highest BCUT2D eigenvalue weighted by atomic mass is 16.4. The molecule has 16 heavy (non-hydrogen) atoms. The molecule has 0 radical (unpaired) electrons. The molecule has 0 unspecified atom stereocenters. The van der Waals surface area contributed by atoms with Crippen molar-refractivity contribution in [1.29, 1.82) is 0 Å². The maximum absolute atomic E-state index is 11.5. The Bertz CT molecular complexity index is 365. The predicted octanol–water partition coefficient (Wildman–Crippen LogP) is 0.218. The number of aliphatic carboxylic acids is 1. The zero-order chi connectivity index (χ0) is 12.0. The van der Waals surface area contributed by atoms with Crippen LogP contribution in [-0.4, -0.2) is 29.6 Å². The summed E-state index contributed by atoms with van der Waals surface area (Å²) in [6.45, 7) is 0.251. The molecule has 1 aromatic rings. The van der Waals surface area contributed by atoms with E-state index in [4.69, 9.17) is 10.8 Å². The largest absolute Gasteiger partial charge is 0.480 e. The van der Waals surface area contributed by atoms with Gasteiger partial charge < -0.3 is 16.2 Å². The highest BCUT2D eigenvalue weighted by Gasteiger charge is 2.11. The van der Waals surface area contributed by atoms with Crippen molar-refractivity contribution in [3.63, 3.8) is 0 Å². The topological polar surface area (TPSA) is 92.4 Å². The third-order valence-corrected chi connectivity index (χ3v) is 2.09. The molecule has 0 saturated carbocycles. The van der Waals surface area contributed by atoms with Gasteiger partial charge in [0.15, 0.2) is 0 Å². The quantitative estimate of drug-likeness (QED) is 0.664. The fourth-order valence-corrected chi connectivity index (χ4v) is 1.16. The van der Waals surface area contributed by atoms with Gasteiger partial charge in [-0.25, -0.2) is 0 Å². The minimum Gasteiger partial charge on any atom is -0.480 e. The van der Waals surface area contributed by atoms with E-state index < -0.39 is 12.0 Å². The van der Waals surface area contributed by atoms with Gasteiger partial charge in [0, 0.05) is 12.1 Å². The van der Waals surface area contributed by atoms with Crippen molar-refractivity contribution < 1.29 is 14.7 Å². The number of hydrogen-bond acceptors (Lipinski definition) is 3. The number of hydrogen-bond donors (Lipinski definition) is 3. The SMILES string of the molecule is N[C@@H](CCNC(=O)c1ccccc1)C(=O)O. The van der Waals surface area contributed by atoms with Crippen LogP contribution in [0.25, 0.3) is 0 Å². The van der Waals surface area contributed by atoms with Gasteiger partial charge in [-0.1, -0.05) is 18.2 Å². The van der Waals surface area contributed by atoms with Crippen LogP contribution in [0.4, 0.5) is 0 Å². The van der Waals surface area contributed by atoms with E-state index in [9.17, 15) is 9.59 Å². The first-order chi connectivity index (χ1) is 7.61. The minimum absolute atomic E-state index is 0.216. The number of amides is 1. The van der Waals surface area contributed by atoms with Gasteiger partial charge in [0.05, 0.1) is 0 Å². The lowest BCUT2D eigenvalue weighted by atomic mass is 10.2. The number of carbonyl (C=O) groups is 2.